The maximum Gasteiger partial charge on any atom is 0.270 e. The van der Waals surface area contributed by atoms with E-state index in [-0.39, 0.29) is 22.8 Å². The van der Waals surface area contributed by atoms with Gasteiger partial charge in [0.25, 0.3) is 11.8 Å². The number of primary amides is 1. The number of nitrogens with two attached hydrogens (primary N) is 2. The van der Waals surface area contributed by atoms with Crippen LogP contribution in [0.15, 0.2) is 41.8 Å². The van der Waals surface area contributed by atoms with Crippen LogP contribution in [0.2, 0.25) is 0 Å². The van der Waals surface area contributed by atoms with Gasteiger partial charge in [-0.15, -0.1) is 11.3 Å². The van der Waals surface area contributed by atoms with Crippen molar-refractivity contribution in [2.45, 2.75) is 45.3 Å². The van der Waals surface area contributed by atoms with Crippen LogP contribution < -0.4 is 16.8 Å². The van der Waals surface area contributed by atoms with E-state index in [9.17, 15) is 18.8 Å². The number of anilines is 1. The summed E-state index contributed by atoms with van der Waals surface area (Å²) in [6.07, 6.45) is 0.650. The number of carbonyl (C=O) groups is 3. The highest BCUT2D eigenvalue weighted by molar-refractivity contribution is 7.10. The summed E-state index contributed by atoms with van der Waals surface area (Å²) in [5.41, 5.74) is 10.9. The fourth-order valence-electron chi connectivity index (χ4n) is 3.22. The van der Waals surface area contributed by atoms with Crippen molar-refractivity contribution in [3.63, 3.8) is 0 Å². The van der Waals surface area contributed by atoms with Crippen molar-refractivity contribution >= 4 is 46.3 Å². The van der Waals surface area contributed by atoms with Gasteiger partial charge >= 0.3 is 0 Å². The molecule has 5 N–H and O–H groups in total. The Labute approximate surface area is 204 Å². The van der Waals surface area contributed by atoms with Crippen LogP contribution in [0.5, 0.6) is 0 Å². The van der Waals surface area contributed by atoms with Crippen molar-refractivity contribution in [1.29, 1.82) is 0 Å². The third kappa shape index (κ3) is 5.60. The van der Waals surface area contributed by atoms with Crippen LogP contribution in [0.4, 0.5) is 10.1 Å². The summed E-state index contributed by atoms with van der Waals surface area (Å²) in [5.74, 6) is -2.34. The van der Waals surface area contributed by atoms with E-state index in [1.165, 1.54) is 40.5 Å². The van der Waals surface area contributed by atoms with Crippen LogP contribution in [-0.4, -0.2) is 32.5 Å². The van der Waals surface area contributed by atoms with Crippen LogP contribution in [0.3, 0.4) is 0 Å². The molecule has 0 saturated carbocycles. The molecular formula is C23H26FN5O3S2. The van der Waals surface area contributed by atoms with Gasteiger partial charge in [0, 0.05) is 10.4 Å². The van der Waals surface area contributed by atoms with Crippen molar-refractivity contribution in [2.75, 3.05) is 5.73 Å². The van der Waals surface area contributed by atoms with E-state index in [1.807, 2.05) is 38.3 Å². The van der Waals surface area contributed by atoms with E-state index >= 15 is 0 Å². The number of hydrogen-bond acceptors (Lipinski definition) is 7. The number of carbonyl (C=O) groups excluding carboxylic acids is 3. The molecule has 11 heteroatoms. The molecule has 0 radical (unpaired) electrons. The van der Waals surface area contributed by atoms with Crippen LogP contribution in [0.25, 0.3) is 0 Å². The maximum atomic E-state index is 13.8. The summed E-state index contributed by atoms with van der Waals surface area (Å²) in [6, 6.07) is 7.99. The van der Waals surface area contributed by atoms with Gasteiger partial charge in [-0.25, -0.2) is 4.39 Å². The van der Waals surface area contributed by atoms with Crippen LogP contribution in [0, 0.1) is 5.82 Å². The lowest BCUT2D eigenvalue weighted by atomic mass is 9.98. The van der Waals surface area contributed by atoms with E-state index in [0.29, 0.717) is 12.0 Å². The zero-order valence-electron chi connectivity index (χ0n) is 19.0. The van der Waals surface area contributed by atoms with Gasteiger partial charge in [0.1, 0.15) is 16.7 Å². The fraction of sp³-hybridized carbons (Fsp3) is 0.304. The van der Waals surface area contributed by atoms with Crippen molar-refractivity contribution in [3.8, 4) is 0 Å². The normalized spacial score (nSPS) is 12.2. The summed E-state index contributed by atoms with van der Waals surface area (Å²) >= 11 is 2.16. The average Bonchev–Trinajstić information content (AvgIpc) is 3.43. The van der Waals surface area contributed by atoms with E-state index in [0.717, 1.165) is 16.4 Å². The third-order valence-corrected chi connectivity index (χ3v) is 7.13. The first-order chi connectivity index (χ1) is 16.0. The Morgan fingerprint density at radius 1 is 1.21 bits per heavy atom. The second kappa shape index (κ2) is 10.3. The number of nitrogens with one attached hydrogen (secondary N) is 1. The van der Waals surface area contributed by atoms with E-state index < -0.39 is 35.1 Å². The number of rotatable bonds is 9. The largest absolute Gasteiger partial charge is 0.395 e. The smallest absolute Gasteiger partial charge is 0.270 e. The first kappa shape index (κ1) is 25.3. The lowest BCUT2D eigenvalue weighted by Crippen LogP contribution is -2.50. The zero-order chi connectivity index (χ0) is 25.0. The number of amides is 3. The highest BCUT2D eigenvalue weighted by atomic mass is 32.1. The molecule has 0 spiro atoms. The van der Waals surface area contributed by atoms with Gasteiger partial charge in [-0.2, -0.15) is 4.37 Å². The van der Waals surface area contributed by atoms with Crippen molar-refractivity contribution in [3.05, 3.63) is 68.6 Å². The Morgan fingerprint density at radius 2 is 1.88 bits per heavy atom. The molecule has 0 aliphatic heterocycles. The molecule has 0 bridgehead atoms. The highest BCUT2D eigenvalue weighted by Gasteiger charge is 2.36. The molecular weight excluding hydrogens is 477 g/mol. The summed E-state index contributed by atoms with van der Waals surface area (Å²) in [7, 11) is 0. The molecule has 3 aromatic rings. The number of aromatic nitrogens is 1. The third-order valence-electron chi connectivity index (χ3n) is 5.41. The Morgan fingerprint density at radius 3 is 2.41 bits per heavy atom. The Kier molecular flexibility index (Phi) is 7.68. The summed E-state index contributed by atoms with van der Waals surface area (Å²) in [5, 5.41) is 4.84. The molecule has 0 aliphatic rings. The Balaban J connectivity index is 2.13. The highest BCUT2D eigenvalue weighted by Crippen LogP contribution is 2.31. The van der Waals surface area contributed by atoms with Crippen LogP contribution >= 0.6 is 22.9 Å². The van der Waals surface area contributed by atoms with Gasteiger partial charge in [0.2, 0.25) is 5.91 Å². The van der Waals surface area contributed by atoms with Gasteiger partial charge in [-0.05, 0) is 60.9 Å². The number of benzene rings is 1. The Bertz CT molecular complexity index is 1180. The second-order valence-corrected chi connectivity index (χ2v) is 10.1. The minimum Gasteiger partial charge on any atom is -0.395 e. The van der Waals surface area contributed by atoms with Gasteiger partial charge in [-0.3, -0.25) is 14.4 Å². The molecule has 0 aliphatic carbocycles. The van der Waals surface area contributed by atoms with Gasteiger partial charge < -0.3 is 21.7 Å². The zero-order valence-corrected chi connectivity index (χ0v) is 20.6. The number of nitrogen functional groups attached to an aromatic ring is 1. The topological polar surface area (TPSA) is 131 Å². The molecule has 2 heterocycles. The monoisotopic (exact) mass is 503 g/mol. The number of hydrogen-bond donors (Lipinski definition) is 3. The first-order valence-electron chi connectivity index (χ1n) is 10.5. The molecule has 3 amide bonds. The van der Waals surface area contributed by atoms with Crippen molar-refractivity contribution in [2.24, 2.45) is 5.73 Å². The quantitative estimate of drug-likeness (QED) is 0.410. The molecule has 34 heavy (non-hydrogen) atoms. The standard InChI is InChI=1S/C23H26FN5O3S2/c1-4-23(2,3)27-21(31)18(13-7-9-14(24)10-8-13)29(12-15-6-5-11-33-15)22(32)19-16(25)17(20(26)30)28-34-19/h5-11,18H,4,12,25H2,1-3H3,(H2,26,30)(H,27,31)/t18-/m1/s1. The van der Waals surface area contributed by atoms with Gasteiger partial charge in [0.05, 0.1) is 12.2 Å². The fourth-order valence-corrected chi connectivity index (χ4v) is 4.68. The second-order valence-electron chi connectivity index (χ2n) is 8.33. The SMILES string of the molecule is CCC(C)(C)NC(=O)[C@@H](c1ccc(F)cc1)N(Cc1cccs1)C(=O)c1snc(C(N)=O)c1N. The first-order valence-corrected chi connectivity index (χ1v) is 12.1. The molecule has 8 nitrogen and oxygen atoms in total. The molecule has 1 aromatic carbocycles. The van der Waals surface area contributed by atoms with Crippen molar-refractivity contribution < 1.29 is 18.8 Å². The molecule has 2 aromatic heterocycles. The van der Waals surface area contributed by atoms with Crippen LogP contribution in [0.1, 0.15) is 63.8 Å². The predicted octanol–water partition coefficient (Wildman–Crippen LogP) is 3.71. The molecule has 180 valence electrons. The average molecular weight is 504 g/mol. The van der Waals surface area contributed by atoms with Crippen LogP contribution in [-0.2, 0) is 11.3 Å². The predicted molar refractivity (Wildman–Crippen MR) is 131 cm³/mol. The summed E-state index contributed by atoms with van der Waals surface area (Å²) < 4.78 is 17.6. The Hall–Kier alpha value is -3.31. The number of halogens is 1. The van der Waals surface area contributed by atoms with E-state index in [2.05, 4.69) is 9.69 Å². The minimum atomic E-state index is -1.10. The van der Waals surface area contributed by atoms with Gasteiger partial charge in [-0.1, -0.05) is 25.1 Å². The summed E-state index contributed by atoms with van der Waals surface area (Å²) in [4.78, 5) is 41.2. The number of thiophene rings is 1. The molecule has 0 saturated heterocycles. The van der Waals surface area contributed by atoms with E-state index in [1.54, 1.807) is 0 Å². The molecule has 3 rings (SSSR count). The lowest BCUT2D eigenvalue weighted by molar-refractivity contribution is -0.127. The molecule has 0 unspecified atom stereocenters. The lowest BCUT2D eigenvalue weighted by Gasteiger charge is -2.34. The number of nitrogens with zero attached hydrogens (tertiary/aromatic N) is 2. The summed E-state index contributed by atoms with van der Waals surface area (Å²) in [6.45, 7) is 5.77. The molecule has 1 atom stereocenters. The van der Waals surface area contributed by atoms with Gasteiger partial charge in [0.15, 0.2) is 5.69 Å². The minimum absolute atomic E-state index is 0.0000181. The van der Waals surface area contributed by atoms with Crippen molar-refractivity contribution in [1.82, 2.24) is 14.6 Å². The molecule has 0 fully saturated rings. The maximum absolute atomic E-state index is 13.8. The van der Waals surface area contributed by atoms with E-state index in [4.69, 9.17) is 11.5 Å².